The topological polar surface area (TPSA) is 117 Å². The minimum atomic E-state index is -0.552. The average Bonchev–Trinajstić information content (AvgIpc) is 2.67. The number of unbranched alkanes of at least 4 members (excludes halogenated alkanes) is 1. The Morgan fingerprint density at radius 2 is 1.70 bits per heavy atom. The van der Waals surface area contributed by atoms with E-state index in [0.717, 1.165) is 6.42 Å². The van der Waals surface area contributed by atoms with Crippen LogP contribution < -0.4 is 31.7 Å². The number of methoxy groups -OCH3 is 1. The molecule has 0 saturated heterocycles. The number of hydroxylamine groups is 1. The number of benzene rings is 1. The summed E-state index contributed by atoms with van der Waals surface area (Å²) in [6, 6.07) is 7.04. The summed E-state index contributed by atoms with van der Waals surface area (Å²) >= 11 is 0. The van der Waals surface area contributed by atoms with E-state index in [9.17, 15) is 14.4 Å². The Morgan fingerprint density at radius 1 is 1.07 bits per heavy atom. The highest BCUT2D eigenvalue weighted by molar-refractivity contribution is 5.79. The summed E-state index contributed by atoms with van der Waals surface area (Å²) in [5, 5.41) is 14.6. The molecule has 0 aliphatic heterocycles. The quantitative estimate of drug-likeness (QED) is 0.218. The van der Waals surface area contributed by atoms with Crippen molar-refractivity contribution in [1.29, 1.82) is 0 Å². The van der Waals surface area contributed by atoms with Crippen LogP contribution in [-0.2, 0) is 4.79 Å². The first-order valence-electron chi connectivity index (χ1n) is 8.73. The van der Waals surface area contributed by atoms with Crippen LogP contribution in [-0.4, -0.2) is 23.8 Å². The lowest BCUT2D eigenvalue weighted by Crippen LogP contribution is -2.42. The SMILES string of the molecule is COc1ccc(Nc2c(NC(C)(C)CCCCC(=O)NO)c(=O)c2=O)cc1. The summed E-state index contributed by atoms with van der Waals surface area (Å²) < 4.78 is 5.10. The number of anilines is 3. The fourth-order valence-corrected chi connectivity index (χ4v) is 2.76. The normalized spacial score (nSPS) is 11.3. The van der Waals surface area contributed by atoms with Crippen molar-refractivity contribution in [2.45, 2.75) is 45.1 Å². The molecule has 0 heterocycles. The Hall–Kier alpha value is -2.87. The Labute approximate surface area is 157 Å². The van der Waals surface area contributed by atoms with Crippen molar-refractivity contribution in [3.05, 3.63) is 44.7 Å². The molecular formula is C19H25N3O5. The molecule has 0 unspecified atom stereocenters. The Bertz CT molecular complexity index is 851. The molecule has 0 aromatic heterocycles. The van der Waals surface area contributed by atoms with Crippen molar-refractivity contribution in [3.63, 3.8) is 0 Å². The predicted molar refractivity (Wildman–Crippen MR) is 104 cm³/mol. The molecule has 0 saturated carbocycles. The highest BCUT2D eigenvalue weighted by Crippen LogP contribution is 2.27. The number of carbonyl (C=O) groups excluding carboxylic acids is 1. The molecule has 2 aromatic carbocycles. The lowest BCUT2D eigenvalue weighted by molar-refractivity contribution is -0.129. The van der Waals surface area contributed by atoms with Gasteiger partial charge in [-0.2, -0.15) is 0 Å². The molecule has 146 valence electrons. The van der Waals surface area contributed by atoms with Crippen LogP contribution in [0.15, 0.2) is 33.9 Å². The van der Waals surface area contributed by atoms with Crippen molar-refractivity contribution >= 4 is 23.0 Å². The van der Waals surface area contributed by atoms with Gasteiger partial charge in [0.05, 0.1) is 7.11 Å². The summed E-state index contributed by atoms with van der Waals surface area (Å²) in [5.74, 6) is 0.272. The first-order chi connectivity index (χ1) is 12.8. The number of amides is 1. The Balaban J connectivity index is 1.99. The van der Waals surface area contributed by atoms with E-state index in [2.05, 4.69) is 10.6 Å². The molecule has 4 N–H and O–H groups in total. The van der Waals surface area contributed by atoms with Gasteiger partial charge in [0.15, 0.2) is 0 Å². The van der Waals surface area contributed by atoms with Crippen molar-refractivity contribution < 1.29 is 14.7 Å². The summed E-state index contributed by atoms with van der Waals surface area (Å²) in [7, 11) is 1.57. The van der Waals surface area contributed by atoms with E-state index in [-0.39, 0.29) is 17.8 Å². The van der Waals surface area contributed by atoms with Crippen LogP contribution in [0, 0.1) is 0 Å². The molecule has 1 amide bonds. The Morgan fingerprint density at radius 3 is 2.30 bits per heavy atom. The number of rotatable bonds is 10. The third-order valence-corrected chi connectivity index (χ3v) is 4.31. The van der Waals surface area contributed by atoms with E-state index in [1.165, 1.54) is 0 Å². The number of ether oxygens (including phenoxy) is 1. The second-order valence-corrected chi connectivity index (χ2v) is 7.01. The van der Waals surface area contributed by atoms with Gasteiger partial charge in [-0.3, -0.25) is 19.6 Å². The number of nitrogens with one attached hydrogen (secondary N) is 3. The lowest BCUT2D eigenvalue weighted by atomic mass is 9.95. The van der Waals surface area contributed by atoms with E-state index < -0.39 is 22.3 Å². The first-order valence-corrected chi connectivity index (χ1v) is 8.73. The highest BCUT2D eigenvalue weighted by atomic mass is 16.5. The molecule has 8 nitrogen and oxygen atoms in total. The molecule has 0 radical (unpaired) electrons. The Kier molecular flexibility index (Phi) is 6.57. The van der Waals surface area contributed by atoms with Gasteiger partial charge in [-0.15, -0.1) is 0 Å². The van der Waals surface area contributed by atoms with Gasteiger partial charge in [-0.05, 0) is 51.0 Å². The highest BCUT2D eigenvalue weighted by Gasteiger charge is 2.27. The molecule has 27 heavy (non-hydrogen) atoms. The molecule has 0 aliphatic carbocycles. The molecule has 0 bridgehead atoms. The monoisotopic (exact) mass is 375 g/mol. The fourth-order valence-electron chi connectivity index (χ4n) is 2.76. The van der Waals surface area contributed by atoms with E-state index in [0.29, 0.717) is 24.3 Å². The molecule has 8 heteroatoms. The lowest BCUT2D eigenvalue weighted by Gasteiger charge is -2.29. The van der Waals surface area contributed by atoms with Crippen LogP contribution in [0.4, 0.5) is 17.1 Å². The first kappa shape index (κ1) is 20.4. The molecule has 0 spiro atoms. The smallest absolute Gasteiger partial charge is 0.253 e. The van der Waals surface area contributed by atoms with Gasteiger partial charge >= 0.3 is 0 Å². The van der Waals surface area contributed by atoms with Gasteiger partial charge in [-0.25, -0.2) is 5.48 Å². The maximum absolute atomic E-state index is 12.0. The molecular weight excluding hydrogens is 350 g/mol. The second-order valence-electron chi connectivity index (χ2n) is 7.01. The third-order valence-electron chi connectivity index (χ3n) is 4.31. The van der Waals surface area contributed by atoms with Gasteiger partial charge in [0.25, 0.3) is 10.9 Å². The minimum absolute atomic E-state index is 0.233. The standard InChI is InChI=1S/C19H25N3O5/c1-19(2,11-5-4-6-14(23)22-26)21-16-15(17(24)18(16)25)20-12-7-9-13(27-3)10-8-12/h7-10,20-21,26H,4-6,11H2,1-3H3,(H,22,23). The van der Waals surface area contributed by atoms with Crippen LogP contribution >= 0.6 is 0 Å². The van der Waals surface area contributed by atoms with Crippen molar-refractivity contribution in [1.82, 2.24) is 5.48 Å². The molecule has 2 aromatic rings. The zero-order valence-electron chi connectivity index (χ0n) is 15.7. The number of hydrogen-bond acceptors (Lipinski definition) is 7. The van der Waals surface area contributed by atoms with Gasteiger partial charge < -0.3 is 15.4 Å². The van der Waals surface area contributed by atoms with E-state index >= 15 is 0 Å². The van der Waals surface area contributed by atoms with E-state index in [1.54, 1.807) is 36.9 Å². The fraction of sp³-hybridized carbons (Fsp3) is 0.421. The summed E-state index contributed by atoms with van der Waals surface area (Å²) in [5.41, 5.74) is 1.27. The maximum Gasteiger partial charge on any atom is 0.253 e. The molecule has 0 atom stereocenters. The molecule has 2 rings (SSSR count). The minimum Gasteiger partial charge on any atom is -0.497 e. The third kappa shape index (κ3) is 5.30. The predicted octanol–water partition coefficient (Wildman–Crippen LogP) is 2.29. The van der Waals surface area contributed by atoms with Crippen LogP contribution in [0.5, 0.6) is 5.75 Å². The van der Waals surface area contributed by atoms with Crippen LogP contribution in [0.1, 0.15) is 39.5 Å². The summed E-state index contributed by atoms with van der Waals surface area (Å²) in [6.45, 7) is 3.85. The molecule has 0 fully saturated rings. The summed E-state index contributed by atoms with van der Waals surface area (Å²) in [4.78, 5) is 35.0. The van der Waals surface area contributed by atoms with Crippen LogP contribution in [0.2, 0.25) is 0 Å². The zero-order valence-corrected chi connectivity index (χ0v) is 15.7. The van der Waals surface area contributed by atoms with E-state index in [1.807, 2.05) is 13.8 Å². The van der Waals surface area contributed by atoms with Crippen LogP contribution in [0.3, 0.4) is 0 Å². The van der Waals surface area contributed by atoms with Crippen molar-refractivity contribution in [2.75, 3.05) is 17.7 Å². The zero-order chi connectivity index (χ0) is 20.0. The van der Waals surface area contributed by atoms with Crippen molar-refractivity contribution in [3.8, 4) is 5.75 Å². The number of hydrogen-bond donors (Lipinski definition) is 4. The maximum atomic E-state index is 12.0. The van der Waals surface area contributed by atoms with Gasteiger partial charge in [0.1, 0.15) is 17.1 Å². The second kappa shape index (κ2) is 8.68. The number of carbonyl (C=O) groups is 1. The molecule has 0 aliphatic rings. The largest absolute Gasteiger partial charge is 0.497 e. The van der Waals surface area contributed by atoms with Crippen LogP contribution in [0.25, 0.3) is 0 Å². The van der Waals surface area contributed by atoms with Gasteiger partial charge in [0, 0.05) is 17.6 Å². The van der Waals surface area contributed by atoms with Crippen molar-refractivity contribution in [2.24, 2.45) is 0 Å². The summed E-state index contributed by atoms with van der Waals surface area (Å²) in [6.07, 6.45) is 2.26. The average molecular weight is 375 g/mol. The van der Waals surface area contributed by atoms with Gasteiger partial charge in [-0.1, -0.05) is 6.42 Å². The van der Waals surface area contributed by atoms with E-state index in [4.69, 9.17) is 9.94 Å². The van der Waals surface area contributed by atoms with Gasteiger partial charge in [0.2, 0.25) is 5.91 Å².